The fraction of sp³-hybridized carbons (Fsp3) is 0.591. The highest BCUT2D eigenvalue weighted by Gasteiger charge is 2.25. The fourth-order valence-electron chi connectivity index (χ4n) is 2.67. The Morgan fingerprint density at radius 3 is 2.36 bits per heavy atom. The number of carbonyl (C=O) groups is 1. The zero-order chi connectivity index (χ0) is 21.2. The van der Waals surface area contributed by atoms with Gasteiger partial charge in [0.1, 0.15) is 11.4 Å². The first kappa shape index (κ1) is 24.1. The summed E-state index contributed by atoms with van der Waals surface area (Å²) < 4.78 is 18.9. The van der Waals surface area contributed by atoms with Crippen molar-refractivity contribution in [1.29, 1.82) is 0 Å². The lowest BCUT2D eigenvalue weighted by molar-refractivity contribution is 0.0146. The van der Waals surface area contributed by atoms with Crippen molar-refractivity contribution < 1.29 is 19.0 Å². The lowest BCUT2D eigenvalue weighted by Crippen LogP contribution is -2.50. The Balaban J connectivity index is 0.000000696. The number of nitrogens with zero attached hydrogens (tertiary/aromatic N) is 2. The van der Waals surface area contributed by atoms with E-state index in [-0.39, 0.29) is 18.5 Å². The van der Waals surface area contributed by atoms with Crippen LogP contribution in [0.3, 0.4) is 0 Å². The van der Waals surface area contributed by atoms with E-state index >= 15 is 0 Å². The second-order valence-corrected chi connectivity index (χ2v) is 7.89. The fourth-order valence-corrected chi connectivity index (χ4v) is 2.67. The van der Waals surface area contributed by atoms with E-state index in [1.165, 1.54) is 0 Å². The maximum absolute atomic E-state index is 13.5. The lowest BCUT2D eigenvalue weighted by atomic mass is 10.1. The van der Waals surface area contributed by atoms with E-state index in [4.69, 9.17) is 9.84 Å². The van der Waals surface area contributed by atoms with Crippen LogP contribution in [-0.4, -0.2) is 65.9 Å². The summed E-state index contributed by atoms with van der Waals surface area (Å²) in [5.41, 5.74) is 1.24. The van der Waals surface area contributed by atoms with E-state index < -0.39 is 5.60 Å². The number of amides is 1. The van der Waals surface area contributed by atoms with Crippen LogP contribution < -0.4 is 0 Å². The van der Waals surface area contributed by atoms with Crippen LogP contribution in [0, 0.1) is 12.7 Å². The Morgan fingerprint density at radius 2 is 1.89 bits per heavy atom. The van der Waals surface area contributed by atoms with E-state index in [9.17, 15) is 9.18 Å². The second-order valence-electron chi connectivity index (χ2n) is 7.89. The lowest BCUT2D eigenvalue weighted by Gasteiger charge is -2.35. The molecule has 0 aromatic heterocycles. The molecule has 0 atom stereocenters. The van der Waals surface area contributed by atoms with Crippen LogP contribution in [-0.2, 0) is 11.2 Å². The van der Waals surface area contributed by atoms with Gasteiger partial charge in [-0.1, -0.05) is 24.3 Å². The van der Waals surface area contributed by atoms with Crippen LogP contribution in [0.1, 0.15) is 38.8 Å². The van der Waals surface area contributed by atoms with Gasteiger partial charge in [-0.3, -0.25) is 4.90 Å². The zero-order valence-corrected chi connectivity index (χ0v) is 17.9. The minimum atomic E-state index is -0.455. The van der Waals surface area contributed by atoms with Crippen molar-refractivity contribution in [2.45, 2.75) is 46.6 Å². The van der Waals surface area contributed by atoms with E-state index in [0.29, 0.717) is 18.7 Å². The van der Waals surface area contributed by atoms with Crippen molar-refractivity contribution in [1.82, 2.24) is 9.80 Å². The van der Waals surface area contributed by atoms with Crippen LogP contribution in [0.4, 0.5) is 9.18 Å². The molecule has 28 heavy (non-hydrogen) atoms. The van der Waals surface area contributed by atoms with Gasteiger partial charge in [-0.2, -0.15) is 0 Å². The maximum atomic E-state index is 13.5. The number of allylic oxidation sites excluding steroid dienone is 1. The molecule has 1 aromatic rings. The van der Waals surface area contributed by atoms with Gasteiger partial charge in [0.05, 0.1) is 6.61 Å². The highest BCUT2D eigenvalue weighted by molar-refractivity contribution is 5.68. The number of ether oxygens (including phenoxy) is 1. The number of aliphatic hydroxyl groups is 1. The van der Waals surface area contributed by atoms with E-state index in [0.717, 1.165) is 31.6 Å². The van der Waals surface area contributed by atoms with Gasteiger partial charge in [-0.25, -0.2) is 9.18 Å². The number of rotatable bonds is 4. The first-order chi connectivity index (χ1) is 13.2. The number of aryl methyl sites for hydroxylation is 1. The molecule has 0 aliphatic carbocycles. The standard InChI is InChI=1S/C18H27FN2O2.C4H8O/c1-14-5-6-15(13-16(14)19)7-8-20-9-11-21(12-10-20)17(22)23-18(2,3)4;1-2-3-4-5/h5-6,13H,7-12H2,1-4H3;2-3,5H,4H2,1H3/b;3-2+. The molecule has 6 heteroatoms. The van der Waals surface area contributed by atoms with Crippen LogP contribution in [0.2, 0.25) is 0 Å². The molecule has 5 nitrogen and oxygen atoms in total. The number of carbonyl (C=O) groups excluding carboxylic acids is 1. The Labute approximate surface area is 168 Å². The van der Waals surface area contributed by atoms with Crippen LogP contribution in [0.5, 0.6) is 0 Å². The van der Waals surface area contributed by atoms with Crippen molar-refractivity contribution in [3.05, 3.63) is 47.3 Å². The van der Waals surface area contributed by atoms with Gasteiger partial charge in [0.15, 0.2) is 0 Å². The first-order valence-corrected chi connectivity index (χ1v) is 9.83. The molecule has 1 saturated heterocycles. The largest absolute Gasteiger partial charge is 0.444 e. The molecule has 0 spiro atoms. The number of halogens is 1. The smallest absolute Gasteiger partial charge is 0.410 e. The van der Waals surface area contributed by atoms with Crippen molar-refractivity contribution >= 4 is 6.09 Å². The predicted molar refractivity (Wildman–Crippen MR) is 111 cm³/mol. The molecule has 1 aromatic carbocycles. The normalized spacial score (nSPS) is 15.3. The topological polar surface area (TPSA) is 53.0 Å². The van der Waals surface area contributed by atoms with Gasteiger partial charge >= 0.3 is 6.09 Å². The van der Waals surface area contributed by atoms with Crippen LogP contribution in [0.25, 0.3) is 0 Å². The zero-order valence-electron chi connectivity index (χ0n) is 17.9. The van der Waals surface area contributed by atoms with E-state index in [1.807, 2.05) is 39.8 Å². The van der Waals surface area contributed by atoms with E-state index in [2.05, 4.69) is 4.90 Å². The summed E-state index contributed by atoms with van der Waals surface area (Å²) in [6.07, 6.45) is 4.07. The summed E-state index contributed by atoms with van der Waals surface area (Å²) in [6.45, 7) is 13.3. The quantitative estimate of drug-likeness (QED) is 0.790. The van der Waals surface area contributed by atoms with Gasteiger partial charge < -0.3 is 14.7 Å². The Hall–Kier alpha value is -1.92. The number of hydrogen-bond donors (Lipinski definition) is 1. The van der Waals surface area contributed by atoms with Gasteiger partial charge in [0.25, 0.3) is 0 Å². The summed E-state index contributed by atoms with van der Waals surface area (Å²) in [6, 6.07) is 5.42. The molecule has 0 saturated carbocycles. The molecular weight excluding hydrogens is 359 g/mol. The van der Waals surface area contributed by atoms with E-state index in [1.54, 1.807) is 30.0 Å². The van der Waals surface area contributed by atoms with Crippen molar-refractivity contribution in [2.75, 3.05) is 39.3 Å². The van der Waals surface area contributed by atoms with Gasteiger partial charge in [0, 0.05) is 32.7 Å². The number of aliphatic hydroxyl groups excluding tert-OH is 1. The predicted octanol–water partition coefficient (Wildman–Crippen LogP) is 3.78. The highest BCUT2D eigenvalue weighted by atomic mass is 19.1. The first-order valence-electron chi connectivity index (χ1n) is 9.83. The van der Waals surface area contributed by atoms with Crippen LogP contribution in [0.15, 0.2) is 30.4 Å². The highest BCUT2D eigenvalue weighted by Crippen LogP contribution is 2.13. The molecule has 158 valence electrons. The van der Waals surface area contributed by atoms with Crippen molar-refractivity contribution in [3.63, 3.8) is 0 Å². The SMILES string of the molecule is C/C=C/CO.Cc1ccc(CCN2CCN(C(=O)OC(C)(C)C)CC2)cc1F. The molecule has 1 fully saturated rings. The molecule has 1 aliphatic rings. The Bertz CT molecular complexity index is 633. The Morgan fingerprint density at radius 1 is 1.25 bits per heavy atom. The molecule has 1 heterocycles. The summed E-state index contributed by atoms with van der Waals surface area (Å²) in [7, 11) is 0. The average molecular weight is 395 g/mol. The molecule has 1 amide bonds. The summed E-state index contributed by atoms with van der Waals surface area (Å²) in [5, 5.41) is 7.98. The van der Waals surface area contributed by atoms with Gasteiger partial charge in [-0.15, -0.1) is 0 Å². The number of hydrogen-bond acceptors (Lipinski definition) is 4. The summed E-state index contributed by atoms with van der Waals surface area (Å²) in [5.74, 6) is -0.141. The third-order valence-electron chi connectivity index (χ3n) is 4.32. The molecule has 0 bridgehead atoms. The summed E-state index contributed by atoms with van der Waals surface area (Å²) >= 11 is 0. The molecule has 0 radical (unpaired) electrons. The van der Waals surface area contributed by atoms with Crippen molar-refractivity contribution in [2.24, 2.45) is 0 Å². The minimum Gasteiger partial charge on any atom is -0.444 e. The molecule has 1 N–H and O–H groups in total. The van der Waals surface area contributed by atoms with Crippen LogP contribution >= 0.6 is 0 Å². The minimum absolute atomic E-state index is 0.141. The number of piperazine rings is 1. The molecular formula is C22H35FN2O3. The van der Waals surface area contributed by atoms with Gasteiger partial charge in [0.2, 0.25) is 0 Å². The Kier molecular flexibility index (Phi) is 10.2. The monoisotopic (exact) mass is 394 g/mol. The van der Waals surface area contributed by atoms with Gasteiger partial charge in [-0.05, 0) is 58.2 Å². The average Bonchev–Trinajstić information content (AvgIpc) is 2.63. The second kappa shape index (κ2) is 11.8. The number of benzene rings is 1. The molecule has 2 rings (SSSR count). The molecule has 1 aliphatic heterocycles. The maximum Gasteiger partial charge on any atom is 0.410 e. The van der Waals surface area contributed by atoms with Crippen molar-refractivity contribution in [3.8, 4) is 0 Å². The third-order valence-corrected chi connectivity index (χ3v) is 4.32. The third kappa shape index (κ3) is 9.33. The summed E-state index contributed by atoms with van der Waals surface area (Å²) in [4.78, 5) is 16.1. The molecule has 0 unspecified atom stereocenters.